The number of carboxylic acid groups (broad SMARTS) is 2. The molecule has 6 N–H and O–H groups in total. The molecule has 9 nitrogen and oxygen atoms in total. The molecule has 2 atom stereocenters. The summed E-state index contributed by atoms with van der Waals surface area (Å²) in [5.41, 5.74) is 5.23. The van der Waals surface area contributed by atoms with Crippen LogP contribution in [0.2, 0.25) is 0 Å². The fraction of sp³-hybridized carbons (Fsp3) is 0.600. The fourth-order valence-corrected chi connectivity index (χ4v) is 1.41. The zero-order valence-electron chi connectivity index (χ0n) is 10.5. The number of nitrogens with two attached hydrogens (primary N) is 1. The van der Waals surface area contributed by atoms with Gasteiger partial charge in [-0.2, -0.15) is 12.6 Å². The van der Waals surface area contributed by atoms with Crippen LogP contribution in [-0.2, 0) is 19.2 Å². The lowest BCUT2D eigenvalue weighted by molar-refractivity contribution is -0.139. The van der Waals surface area contributed by atoms with Gasteiger partial charge in [-0.25, -0.2) is 0 Å². The Balaban J connectivity index is 4.21. The molecule has 2 amide bonds. The van der Waals surface area contributed by atoms with Gasteiger partial charge in [0.05, 0.1) is 0 Å². The molecule has 0 heterocycles. The largest absolute Gasteiger partial charge is 0.480 e. The van der Waals surface area contributed by atoms with Crippen molar-refractivity contribution in [2.24, 2.45) is 5.73 Å². The average molecular weight is 311 g/mol. The number of carboxylic acids is 2. The Morgan fingerprint density at radius 1 is 1.20 bits per heavy atom. The normalized spacial score (nSPS) is 13.1. The van der Waals surface area contributed by atoms with Crippen LogP contribution >= 0.6 is 12.6 Å². The number of aliphatic carboxylic acids is 2. The highest BCUT2D eigenvalue weighted by Crippen LogP contribution is 1.97. The molecule has 0 aliphatic heterocycles. The van der Waals surface area contributed by atoms with Gasteiger partial charge in [0.25, 0.3) is 0 Å². The lowest BCUT2D eigenvalue weighted by Gasteiger charge is -2.16. The molecule has 0 spiro atoms. The van der Waals surface area contributed by atoms with E-state index in [1.807, 2.05) is 0 Å². The van der Waals surface area contributed by atoms with Crippen molar-refractivity contribution < 1.29 is 29.4 Å². The number of rotatable bonds is 9. The molecule has 0 radical (unpaired) electrons. The molecular weight excluding hydrogens is 294 g/mol. The van der Waals surface area contributed by atoms with E-state index >= 15 is 0 Å². The summed E-state index contributed by atoms with van der Waals surface area (Å²) in [4.78, 5) is 43.7. The first-order valence-electron chi connectivity index (χ1n) is 5.66. The van der Waals surface area contributed by atoms with E-state index in [-0.39, 0.29) is 18.6 Å². The Labute approximate surface area is 120 Å². The molecule has 0 aromatic carbocycles. The van der Waals surface area contributed by atoms with Gasteiger partial charge < -0.3 is 26.6 Å². The van der Waals surface area contributed by atoms with Crippen LogP contribution in [-0.4, -0.2) is 58.3 Å². The average Bonchev–Trinajstić information content (AvgIpc) is 2.38. The highest BCUT2D eigenvalue weighted by atomic mass is 32.1. The van der Waals surface area contributed by atoms with Gasteiger partial charge in [-0.3, -0.25) is 19.2 Å². The summed E-state index contributed by atoms with van der Waals surface area (Å²) < 4.78 is 0. The SMILES string of the molecule is N[C@@H](CCC(=O)[15NH][13C@@H]([13CH2]S)[13C](=O)NCC(=O)O)C(=O)O. The van der Waals surface area contributed by atoms with Crippen LogP contribution in [0.5, 0.6) is 0 Å². The van der Waals surface area contributed by atoms with Crippen LogP contribution in [0.4, 0.5) is 0 Å². The Kier molecular flexibility index (Phi) is 8.32. The second-order valence-electron chi connectivity index (χ2n) is 3.90. The van der Waals surface area contributed by atoms with Crippen molar-refractivity contribution in [2.75, 3.05) is 12.3 Å². The summed E-state index contributed by atoms with van der Waals surface area (Å²) in [7, 11) is 0. The maximum Gasteiger partial charge on any atom is 0.322 e. The summed E-state index contributed by atoms with van der Waals surface area (Å²) in [5, 5.41) is 21.4. The molecule has 0 unspecified atom stereocenters. The van der Waals surface area contributed by atoms with Crippen molar-refractivity contribution in [3.63, 3.8) is 0 Å². The zero-order valence-corrected chi connectivity index (χ0v) is 11.4. The third-order valence-corrected chi connectivity index (χ3v) is 2.61. The molecule has 0 aliphatic carbocycles. The van der Waals surface area contributed by atoms with Crippen LogP contribution in [0.15, 0.2) is 0 Å². The predicted molar refractivity (Wildman–Crippen MR) is 71.3 cm³/mol. The molecule has 0 bridgehead atoms. The van der Waals surface area contributed by atoms with Gasteiger partial charge in [-0.15, -0.1) is 0 Å². The first-order valence-corrected chi connectivity index (χ1v) is 6.29. The summed E-state index contributed by atoms with van der Waals surface area (Å²) >= 11 is 3.87. The van der Waals surface area contributed by atoms with Crippen LogP contribution in [0.3, 0.4) is 0 Å². The number of nitrogens with one attached hydrogen (secondary N) is 2. The molecular formula is C10H17N3O6S. The smallest absolute Gasteiger partial charge is 0.322 e. The minimum absolute atomic E-state index is 0.0256. The van der Waals surface area contributed by atoms with Gasteiger partial charge >= 0.3 is 11.9 Å². The molecule has 0 saturated carbocycles. The second kappa shape index (κ2) is 9.15. The lowest BCUT2D eigenvalue weighted by atomic mass is 10.2. The van der Waals surface area contributed by atoms with E-state index in [1.165, 1.54) is 0 Å². The number of carbonyl (C=O) groups is 4. The van der Waals surface area contributed by atoms with Crippen LogP contribution in [0.1, 0.15) is 12.8 Å². The summed E-state index contributed by atoms with van der Waals surface area (Å²) in [5.74, 6) is -3.70. The molecule has 0 aliphatic rings. The maximum atomic E-state index is 11.5. The second-order valence-corrected chi connectivity index (χ2v) is 4.26. The first-order chi connectivity index (χ1) is 9.27. The zero-order chi connectivity index (χ0) is 15.7. The minimum Gasteiger partial charge on any atom is -0.480 e. The first kappa shape index (κ1) is 18.2. The number of hydrogen-bond donors (Lipinski definition) is 6. The van der Waals surface area contributed by atoms with Gasteiger partial charge in [0, 0.05) is 12.2 Å². The van der Waals surface area contributed by atoms with E-state index in [0.717, 1.165) is 0 Å². The molecule has 0 fully saturated rings. The Hall–Kier alpha value is -1.81. The molecule has 0 saturated heterocycles. The van der Waals surface area contributed by atoms with Crippen LogP contribution in [0.25, 0.3) is 0 Å². The van der Waals surface area contributed by atoms with Gasteiger partial charge in [0.1, 0.15) is 18.6 Å². The van der Waals surface area contributed by atoms with Gasteiger partial charge in [0.2, 0.25) is 11.8 Å². The van der Waals surface area contributed by atoms with Crippen molar-refractivity contribution in [2.45, 2.75) is 24.9 Å². The topological polar surface area (TPSA) is 159 Å². The van der Waals surface area contributed by atoms with Crippen LogP contribution < -0.4 is 16.4 Å². The molecule has 10 heteroatoms. The van der Waals surface area contributed by atoms with Crippen molar-refractivity contribution in [1.82, 2.24) is 10.6 Å². The molecule has 114 valence electrons. The number of hydrogen-bond acceptors (Lipinski definition) is 6. The highest BCUT2D eigenvalue weighted by Gasteiger charge is 2.20. The van der Waals surface area contributed by atoms with Gasteiger partial charge in [-0.05, 0) is 6.42 Å². The summed E-state index contributed by atoms with van der Waals surface area (Å²) in [6.45, 7) is -0.567. The lowest BCUT2D eigenvalue weighted by Crippen LogP contribution is -2.49. The molecule has 20 heavy (non-hydrogen) atoms. The minimum atomic E-state index is -1.22. The van der Waals surface area contributed by atoms with E-state index in [9.17, 15) is 19.2 Å². The van der Waals surface area contributed by atoms with Crippen molar-refractivity contribution in [3.05, 3.63) is 0 Å². The number of thiol groups is 1. The third kappa shape index (κ3) is 7.59. The van der Waals surface area contributed by atoms with Crippen molar-refractivity contribution in [3.8, 4) is 0 Å². The van der Waals surface area contributed by atoms with E-state index in [1.54, 1.807) is 0 Å². The molecule has 0 rings (SSSR count). The quantitative estimate of drug-likeness (QED) is 0.160. The van der Waals surface area contributed by atoms with Gasteiger partial charge in [-0.1, -0.05) is 0 Å². The summed E-state index contributed by atoms with van der Waals surface area (Å²) in [6, 6.07) is -2.15. The third-order valence-electron chi connectivity index (χ3n) is 2.25. The maximum absolute atomic E-state index is 11.5. The Bertz CT molecular complexity index is 389. The monoisotopic (exact) mass is 311 g/mol. The molecule has 0 aromatic rings. The van der Waals surface area contributed by atoms with Gasteiger partial charge in [0.15, 0.2) is 0 Å². The van der Waals surface area contributed by atoms with E-state index in [4.69, 9.17) is 15.9 Å². The van der Waals surface area contributed by atoms with Crippen LogP contribution in [0, 0.1) is 0 Å². The Morgan fingerprint density at radius 2 is 1.80 bits per heavy atom. The number of amides is 2. The van der Waals surface area contributed by atoms with E-state index < -0.39 is 42.4 Å². The number of carbonyl (C=O) groups excluding carboxylic acids is 2. The fourth-order valence-electron chi connectivity index (χ4n) is 1.16. The van der Waals surface area contributed by atoms with Crippen molar-refractivity contribution in [1.29, 1.82) is 0 Å². The van der Waals surface area contributed by atoms with E-state index in [2.05, 4.69) is 23.3 Å². The van der Waals surface area contributed by atoms with Crippen molar-refractivity contribution >= 4 is 36.4 Å². The summed E-state index contributed by atoms with van der Waals surface area (Å²) in [6.07, 6.45) is -0.235. The Morgan fingerprint density at radius 3 is 2.25 bits per heavy atom. The standard InChI is InChI=1S/C10H17N3O6S/c11-5(10(18)19)1-2-7(14)13-6(4-20)9(17)12-3-8(15)16/h5-6,20H,1-4,11H2,(H,12,17)(H,13,14)(H,15,16)(H,18,19)/t5-,6-/m0/s1/i4+1,6+1,9+1,13+1. The predicted octanol–water partition coefficient (Wildman–Crippen LogP) is -2.21. The van der Waals surface area contributed by atoms with E-state index in [0.29, 0.717) is 0 Å². The molecule has 0 aromatic heterocycles. The highest BCUT2D eigenvalue weighted by molar-refractivity contribution is 7.80.